The van der Waals surface area contributed by atoms with Crippen molar-refractivity contribution in [2.24, 2.45) is 0 Å². The summed E-state index contributed by atoms with van der Waals surface area (Å²) >= 11 is 0. The highest BCUT2D eigenvalue weighted by molar-refractivity contribution is 7.89. The second-order valence-electron chi connectivity index (χ2n) is 5.42. The highest BCUT2D eigenvalue weighted by atomic mass is 32.2. The van der Waals surface area contributed by atoms with E-state index in [0.717, 1.165) is 0 Å². The van der Waals surface area contributed by atoms with E-state index < -0.39 is 10.0 Å². The number of amides is 1. The molecule has 1 heterocycles. The largest absolute Gasteiger partial charge is 0.369 e. The molecule has 1 saturated heterocycles. The molecular weight excluding hydrogens is 280 g/mol. The molecule has 20 heavy (non-hydrogen) atoms. The Morgan fingerprint density at radius 3 is 2.45 bits per heavy atom. The van der Waals surface area contributed by atoms with E-state index in [-0.39, 0.29) is 30.4 Å². The molecule has 1 N–H and O–H groups in total. The number of sulfonamides is 1. The Hall–Kier alpha value is -0.660. The van der Waals surface area contributed by atoms with Crippen LogP contribution in [0, 0.1) is 0 Å². The Morgan fingerprint density at radius 2 is 1.95 bits per heavy atom. The molecule has 1 aliphatic rings. The predicted molar refractivity (Wildman–Crippen MR) is 77.9 cm³/mol. The molecule has 0 atom stereocenters. The maximum Gasteiger partial charge on any atom is 0.246 e. The van der Waals surface area contributed by atoms with E-state index in [1.54, 1.807) is 0 Å². The van der Waals surface area contributed by atoms with Gasteiger partial charge in [0.15, 0.2) is 0 Å². The molecule has 0 aromatic carbocycles. The van der Waals surface area contributed by atoms with Crippen molar-refractivity contribution in [3.63, 3.8) is 0 Å². The van der Waals surface area contributed by atoms with Gasteiger partial charge in [-0.2, -0.15) is 0 Å². The van der Waals surface area contributed by atoms with E-state index in [0.29, 0.717) is 32.4 Å². The minimum atomic E-state index is -3.11. The molecule has 1 fully saturated rings. The van der Waals surface area contributed by atoms with Gasteiger partial charge in [-0.05, 0) is 33.1 Å². The van der Waals surface area contributed by atoms with Crippen LogP contribution in [0.4, 0.5) is 0 Å². The highest BCUT2D eigenvalue weighted by Gasteiger charge is 2.27. The fraction of sp³-hybridized carbons (Fsp3) is 0.923. The van der Waals surface area contributed by atoms with Crippen LogP contribution in [-0.4, -0.2) is 56.2 Å². The number of hydrogen-bond donors (Lipinski definition) is 1. The summed E-state index contributed by atoms with van der Waals surface area (Å²) in [7, 11) is -3.11. The van der Waals surface area contributed by atoms with Gasteiger partial charge in [0.1, 0.15) is 6.61 Å². The van der Waals surface area contributed by atoms with Gasteiger partial charge < -0.3 is 10.1 Å². The van der Waals surface area contributed by atoms with Gasteiger partial charge in [-0.1, -0.05) is 6.92 Å². The average molecular weight is 306 g/mol. The molecule has 7 heteroatoms. The lowest BCUT2D eigenvalue weighted by Gasteiger charge is -2.31. The second-order valence-corrected chi connectivity index (χ2v) is 7.51. The number of nitrogens with one attached hydrogen (secondary N) is 1. The van der Waals surface area contributed by atoms with Gasteiger partial charge in [-0.3, -0.25) is 4.79 Å². The van der Waals surface area contributed by atoms with Gasteiger partial charge >= 0.3 is 0 Å². The average Bonchev–Trinajstić information content (AvgIpc) is 2.37. The van der Waals surface area contributed by atoms with E-state index in [1.165, 1.54) is 4.31 Å². The molecule has 6 nitrogen and oxygen atoms in total. The molecule has 118 valence electrons. The first kappa shape index (κ1) is 17.4. The Labute approximate surface area is 121 Å². The van der Waals surface area contributed by atoms with Gasteiger partial charge in [0.25, 0.3) is 0 Å². The topological polar surface area (TPSA) is 75.7 Å². The molecule has 0 spiro atoms. The van der Waals surface area contributed by atoms with E-state index >= 15 is 0 Å². The molecule has 0 aromatic rings. The van der Waals surface area contributed by atoms with Crippen LogP contribution in [-0.2, 0) is 19.6 Å². The third kappa shape index (κ3) is 5.76. The van der Waals surface area contributed by atoms with Crippen molar-refractivity contribution in [1.29, 1.82) is 0 Å². The van der Waals surface area contributed by atoms with Crippen LogP contribution in [0.25, 0.3) is 0 Å². The van der Waals surface area contributed by atoms with Crippen LogP contribution in [0.5, 0.6) is 0 Å². The first-order valence-corrected chi connectivity index (χ1v) is 8.85. The van der Waals surface area contributed by atoms with Crippen LogP contribution in [0.1, 0.15) is 40.0 Å². The zero-order valence-electron chi connectivity index (χ0n) is 12.6. The molecule has 0 aliphatic carbocycles. The van der Waals surface area contributed by atoms with Crippen LogP contribution >= 0.6 is 0 Å². The third-order valence-electron chi connectivity index (χ3n) is 3.22. The van der Waals surface area contributed by atoms with Gasteiger partial charge in [0.2, 0.25) is 15.9 Å². The van der Waals surface area contributed by atoms with Crippen molar-refractivity contribution >= 4 is 15.9 Å². The summed E-state index contributed by atoms with van der Waals surface area (Å²) in [6, 6.07) is 0.0475. The fourth-order valence-corrected chi connectivity index (χ4v) is 3.72. The SMILES string of the molecule is CCCS(=O)(=O)N1CCC(NC(=O)COC(C)C)CC1. The van der Waals surface area contributed by atoms with Gasteiger partial charge in [-0.25, -0.2) is 12.7 Å². The molecule has 0 bridgehead atoms. The molecular formula is C13H26N2O4S. The second kappa shape index (κ2) is 7.95. The van der Waals surface area contributed by atoms with Crippen molar-refractivity contribution in [1.82, 2.24) is 9.62 Å². The predicted octanol–water partition coefficient (Wildman–Crippen LogP) is 0.732. The molecule has 1 rings (SSSR count). The minimum absolute atomic E-state index is 0.0294. The summed E-state index contributed by atoms with van der Waals surface area (Å²) in [5, 5.41) is 2.89. The van der Waals surface area contributed by atoms with Crippen molar-refractivity contribution in [2.45, 2.75) is 52.2 Å². The Kier molecular flexibility index (Phi) is 6.91. The molecule has 0 radical (unpaired) electrons. The zero-order valence-corrected chi connectivity index (χ0v) is 13.4. The zero-order chi connectivity index (χ0) is 15.2. The highest BCUT2D eigenvalue weighted by Crippen LogP contribution is 2.15. The van der Waals surface area contributed by atoms with E-state index in [9.17, 15) is 13.2 Å². The first-order chi connectivity index (χ1) is 9.35. The van der Waals surface area contributed by atoms with Crippen LogP contribution in [0.15, 0.2) is 0 Å². The lowest BCUT2D eigenvalue weighted by Crippen LogP contribution is -2.47. The molecule has 1 amide bonds. The lowest BCUT2D eigenvalue weighted by atomic mass is 10.1. The van der Waals surface area contributed by atoms with Crippen molar-refractivity contribution in [3.05, 3.63) is 0 Å². The maximum atomic E-state index is 11.9. The lowest BCUT2D eigenvalue weighted by molar-refractivity contribution is -0.128. The van der Waals surface area contributed by atoms with Gasteiger partial charge in [0.05, 0.1) is 11.9 Å². The normalized spacial score (nSPS) is 18.4. The van der Waals surface area contributed by atoms with Gasteiger partial charge in [-0.15, -0.1) is 0 Å². The van der Waals surface area contributed by atoms with Crippen LogP contribution in [0.2, 0.25) is 0 Å². The Balaban J connectivity index is 2.34. The van der Waals surface area contributed by atoms with Crippen molar-refractivity contribution in [2.75, 3.05) is 25.4 Å². The monoisotopic (exact) mass is 306 g/mol. The Morgan fingerprint density at radius 1 is 1.35 bits per heavy atom. The van der Waals surface area contributed by atoms with Crippen molar-refractivity contribution < 1.29 is 17.9 Å². The Bertz CT molecular complexity index is 401. The van der Waals surface area contributed by atoms with E-state index in [1.807, 2.05) is 20.8 Å². The molecule has 1 aliphatic heterocycles. The van der Waals surface area contributed by atoms with Crippen molar-refractivity contribution in [3.8, 4) is 0 Å². The standard InChI is InChI=1S/C13H26N2O4S/c1-4-9-20(17,18)15-7-5-12(6-8-15)14-13(16)10-19-11(2)3/h11-12H,4-10H2,1-3H3,(H,14,16). The summed E-state index contributed by atoms with van der Waals surface area (Å²) in [4.78, 5) is 11.6. The summed E-state index contributed by atoms with van der Waals surface area (Å²) in [6.45, 7) is 6.65. The summed E-state index contributed by atoms with van der Waals surface area (Å²) < 4.78 is 30.6. The van der Waals surface area contributed by atoms with Crippen LogP contribution in [0.3, 0.4) is 0 Å². The first-order valence-electron chi connectivity index (χ1n) is 7.24. The number of piperidine rings is 1. The van der Waals surface area contributed by atoms with Crippen LogP contribution < -0.4 is 5.32 Å². The smallest absolute Gasteiger partial charge is 0.246 e. The minimum Gasteiger partial charge on any atom is -0.369 e. The number of ether oxygens (including phenoxy) is 1. The number of carbonyl (C=O) groups is 1. The number of hydrogen-bond acceptors (Lipinski definition) is 4. The molecule has 0 saturated carbocycles. The van der Waals surface area contributed by atoms with E-state index in [2.05, 4.69) is 5.32 Å². The number of carbonyl (C=O) groups excluding carboxylic acids is 1. The number of rotatable bonds is 7. The fourth-order valence-electron chi connectivity index (χ4n) is 2.18. The summed E-state index contributed by atoms with van der Waals surface area (Å²) in [5.41, 5.74) is 0. The summed E-state index contributed by atoms with van der Waals surface area (Å²) in [6.07, 6.45) is 1.99. The third-order valence-corrected chi connectivity index (χ3v) is 5.30. The molecule has 0 aromatic heterocycles. The number of nitrogens with zero attached hydrogens (tertiary/aromatic N) is 1. The quantitative estimate of drug-likeness (QED) is 0.752. The summed E-state index contributed by atoms with van der Waals surface area (Å²) in [5.74, 6) is 0.0697. The van der Waals surface area contributed by atoms with Gasteiger partial charge in [0, 0.05) is 19.1 Å². The van der Waals surface area contributed by atoms with E-state index in [4.69, 9.17) is 4.74 Å². The molecule has 0 unspecified atom stereocenters. The maximum absolute atomic E-state index is 11.9.